The highest BCUT2D eigenvalue weighted by molar-refractivity contribution is 7.22. The largest absolute Gasteiger partial charge is 0.433 e. The summed E-state index contributed by atoms with van der Waals surface area (Å²) in [5, 5.41) is 11.6. The normalized spacial score (nSPS) is 11.2. The number of fused-ring (bicyclic) bond motifs is 1. The minimum absolute atomic E-state index is 0.312. The molecular formula is C14H13N3O4S. The van der Waals surface area contributed by atoms with Crippen molar-refractivity contribution in [2.24, 2.45) is 0 Å². The van der Waals surface area contributed by atoms with Crippen molar-refractivity contribution in [3.05, 3.63) is 39.6 Å². The highest BCUT2D eigenvalue weighted by Gasteiger charge is 2.21. The van der Waals surface area contributed by atoms with Crippen LogP contribution >= 0.6 is 11.3 Å². The number of nitrogens with zero attached hydrogens (tertiary/aromatic N) is 2. The summed E-state index contributed by atoms with van der Waals surface area (Å²) in [4.78, 5) is 16.0. The number of pyridine rings is 1. The first-order valence-electron chi connectivity index (χ1n) is 6.43. The van der Waals surface area contributed by atoms with Crippen molar-refractivity contribution in [2.75, 3.05) is 12.8 Å². The average Bonchev–Trinajstić information content (AvgIpc) is 3.04. The van der Waals surface area contributed by atoms with Crippen LogP contribution in [-0.2, 0) is 11.3 Å². The summed E-state index contributed by atoms with van der Waals surface area (Å²) < 4.78 is 10.4. The Bertz CT molecular complexity index is 868. The van der Waals surface area contributed by atoms with Crippen LogP contribution in [0.2, 0.25) is 0 Å². The number of hydrogen-bond donors (Lipinski definition) is 1. The molecule has 7 nitrogen and oxygen atoms in total. The second kappa shape index (κ2) is 5.39. The van der Waals surface area contributed by atoms with Crippen LogP contribution in [0.3, 0.4) is 0 Å². The summed E-state index contributed by atoms with van der Waals surface area (Å²) in [6, 6.07) is 4.78. The third kappa shape index (κ3) is 2.32. The van der Waals surface area contributed by atoms with E-state index in [-0.39, 0.29) is 5.88 Å². The number of aromatic nitrogens is 1. The minimum Gasteiger partial charge on any atom is -0.400 e. The number of hydrogen-bond acceptors (Lipinski definition) is 7. The maximum Gasteiger partial charge on any atom is 0.433 e. The van der Waals surface area contributed by atoms with Crippen molar-refractivity contribution in [1.82, 2.24) is 4.98 Å². The monoisotopic (exact) mass is 319 g/mol. The van der Waals surface area contributed by atoms with E-state index in [9.17, 15) is 10.1 Å². The second-order valence-electron chi connectivity index (χ2n) is 4.78. The van der Waals surface area contributed by atoms with Gasteiger partial charge in [0.25, 0.3) is 0 Å². The Morgan fingerprint density at radius 1 is 1.50 bits per heavy atom. The number of thiophene rings is 1. The molecule has 2 N–H and O–H groups in total. The summed E-state index contributed by atoms with van der Waals surface area (Å²) in [5.41, 5.74) is 8.52. The SMILES string of the molecule is COCc1cc(C)nc2sc(-c3ccc([N+](=O)[O-])o3)c(N)c12. The van der Waals surface area contributed by atoms with E-state index in [0.29, 0.717) is 22.9 Å². The highest BCUT2D eigenvalue weighted by atomic mass is 32.1. The Balaban J connectivity index is 2.20. The van der Waals surface area contributed by atoms with Crippen molar-refractivity contribution < 1.29 is 14.1 Å². The Labute approximate surface area is 129 Å². The number of aryl methyl sites for hydroxylation is 1. The van der Waals surface area contributed by atoms with Crippen molar-refractivity contribution in [2.45, 2.75) is 13.5 Å². The first-order valence-corrected chi connectivity index (χ1v) is 7.25. The lowest BCUT2D eigenvalue weighted by Gasteiger charge is -2.04. The highest BCUT2D eigenvalue weighted by Crippen LogP contribution is 2.43. The molecule has 0 fully saturated rings. The molecule has 0 aromatic carbocycles. The first-order chi connectivity index (χ1) is 10.5. The van der Waals surface area contributed by atoms with E-state index in [1.165, 1.54) is 17.4 Å². The van der Waals surface area contributed by atoms with Crippen molar-refractivity contribution >= 4 is 33.1 Å². The molecule has 0 aliphatic carbocycles. The second-order valence-corrected chi connectivity index (χ2v) is 5.77. The zero-order valence-electron chi connectivity index (χ0n) is 12.0. The van der Waals surface area contributed by atoms with Gasteiger partial charge in [0.15, 0.2) is 5.76 Å². The molecule has 3 rings (SSSR count). The minimum atomic E-state index is -0.578. The number of nitrogen functional groups attached to an aromatic ring is 1. The van der Waals surface area contributed by atoms with Gasteiger partial charge in [-0.3, -0.25) is 10.1 Å². The molecule has 114 valence electrons. The van der Waals surface area contributed by atoms with Crippen molar-refractivity contribution in [3.8, 4) is 10.6 Å². The molecule has 0 aliphatic heterocycles. The molecule has 0 unspecified atom stereocenters. The van der Waals surface area contributed by atoms with Crippen LogP contribution in [0, 0.1) is 17.0 Å². The van der Waals surface area contributed by atoms with Gasteiger partial charge in [-0.25, -0.2) is 4.98 Å². The Hall–Kier alpha value is -2.45. The molecule has 0 saturated carbocycles. The summed E-state index contributed by atoms with van der Waals surface area (Å²) in [6.07, 6.45) is 0. The van der Waals surface area contributed by atoms with E-state index in [4.69, 9.17) is 14.9 Å². The maximum absolute atomic E-state index is 10.7. The van der Waals surface area contributed by atoms with Gasteiger partial charge in [-0.15, -0.1) is 11.3 Å². The number of ether oxygens (including phenoxy) is 1. The van der Waals surface area contributed by atoms with Crippen LogP contribution in [0.5, 0.6) is 0 Å². The first kappa shape index (κ1) is 14.5. The zero-order chi connectivity index (χ0) is 15.9. The molecule has 0 amide bonds. The van der Waals surface area contributed by atoms with Crippen LogP contribution < -0.4 is 5.73 Å². The Morgan fingerprint density at radius 3 is 2.91 bits per heavy atom. The van der Waals surface area contributed by atoms with E-state index >= 15 is 0 Å². The molecule has 0 spiro atoms. The third-order valence-electron chi connectivity index (χ3n) is 3.20. The zero-order valence-corrected chi connectivity index (χ0v) is 12.8. The molecule has 3 heterocycles. The Morgan fingerprint density at radius 2 is 2.27 bits per heavy atom. The molecule has 0 saturated heterocycles. The fraction of sp³-hybridized carbons (Fsp3) is 0.214. The standard InChI is InChI=1S/C14H13N3O4S/c1-7-5-8(6-20-2)11-12(15)13(22-14(11)16-7)9-3-4-10(21-9)17(18)19/h3-5H,6,15H2,1-2H3. The van der Waals surface area contributed by atoms with Gasteiger partial charge in [0.2, 0.25) is 0 Å². The molecule has 22 heavy (non-hydrogen) atoms. The van der Waals surface area contributed by atoms with Gasteiger partial charge in [-0.1, -0.05) is 0 Å². The molecule has 0 aliphatic rings. The van der Waals surface area contributed by atoms with Gasteiger partial charge in [0.05, 0.1) is 23.2 Å². The molecule has 0 radical (unpaired) electrons. The Kier molecular flexibility index (Phi) is 3.55. The molecule has 8 heteroatoms. The number of anilines is 1. The summed E-state index contributed by atoms with van der Waals surface area (Å²) >= 11 is 1.35. The van der Waals surface area contributed by atoms with E-state index in [0.717, 1.165) is 21.5 Å². The lowest BCUT2D eigenvalue weighted by molar-refractivity contribution is -0.401. The lowest BCUT2D eigenvalue weighted by Crippen LogP contribution is -1.94. The molecule has 0 atom stereocenters. The van der Waals surface area contributed by atoms with Crippen molar-refractivity contribution in [3.63, 3.8) is 0 Å². The van der Waals surface area contributed by atoms with E-state index in [2.05, 4.69) is 4.98 Å². The fourth-order valence-electron chi connectivity index (χ4n) is 2.34. The topological polar surface area (TPSA) is 104 Å². The van der Waals surface area contributed by atoms with Gasteiger partial charge in [-0.05, 0) is 24.6 Å². The van der Waals surface area contributed by atoms with Gasteiger partial charge in [0.1, 0.15) is 9.75 Å². The lowest BCUT2D eigenvalue weighted by atomic mass is 10.1. The van der Waals surface area contributed by atoms with Gasteiger partial charge >= 0.3 is 5.88 Å². The number of nitro groups is 1. The third-order valence-corrected chi connectivity index (χ3v) is 4.32. The summed E-state index contributed by atoms with van der Waals surface area (Å²) in [6.45, 7) is 2.31. The van der Waals surface area contributed by atoms with Crippen LogP contribution in [0.25, 0.3) is 20.9 Å². The number of rotatable bonds is 4. The van der Waals surface area contributed by atoms with Crippen LogP contribution in [-0.4, -0.2) is 17.0 Å². The molecular weight excluding hydrogens is 306 g/mol. The maximum atomic E-state index is 10.7. The van der Waals surface area contributed by atoms with Gasteiger partial charge < -0.3 is 14.9 Å². The van der Waals surface area contributed by atoms with E-state index in [1.807, 2.05) is 13.0 Å². The average molecular weight is 319 g/mol. The fourth-order valence-corrected chi connectivity index (χ4v) is 3.49. The van der Waals surface area contributed by atoms with E-state index < -0.39 is 4.92 Å². The van der Waals surface area contributed by atoms with Crippen LogP contribution in [0.1, 0.15) is 11.3 Å². The molecule has 0 bridgehead atoms. The molecule has 3 aromatic heterocycles. The molecule has 3 aromatic rings. The number of methoxy groups -OCH3 is 1. The van der Waals surface area contributed by atoms with Gasteiger partial charge in [-0.2, -0.15) is 0 Å². The number of nitrogens with two attached hydrogens (primary N) is 1. The van der Waals surface area contributed by atoms with Crippen LogP contribution in [0.15, 0.2) is 22.6 Å². The summed E-state index contributed by atoms with van der Waals surface area (Å²) in [5.74, 6) is 0.0568. The predicted molar refractivity (Wildman–Crippen MR) is 83.8 cm³/mol. The van der Waals surface area contributed by atoms with Gasteiger partial charge in [0, 0.05) is 18.2 Å². The van der Waals surface area contributed by atoms with Crippen molar-refractivity contribution in [1.29, 1.82) is 0 Å². The smallest absolute Gasteiger partial charge is 0.400 e. The quantitative estimate of drug-likeness (QED) is 0.583. The number of furan rings is 1. The predicted octanol–water partition coefficient (Wildman–Crippen LogP) is 3.50. The van der Waals surface area contributed by atoms with E-state index in [1.54, 1.807) is 13.2 Å². The summed E-state index contributed by atoms with van der Waals surface area (Å²) in [7, 11) is 1.61. The van der Waals surface area contributed by atoms with Crippen LogP contribution in [0.4, 0.5) is 11.6 Å².